The molecule has 1 aliphatic carbocycles. The van der Waals surface area contributed by atoms with E-state index in [1.54, 1.807) is 25.1 Å². The number of aromatic carboxylic acids is 1. The van der Waals surface area contributed by atoms with Crippen molar-refractivity contribution >= 4 is 34.4 Å². The lowest BCUT2D eigenvalue weighted by atomic mass is 9.63. The van der Waals surface area contributed by atoms with Crippen molar-refractivity contribution in [2.45, 2.75) is 58.3 Å². The number of aliphatic carboxylic acids is 1. The molecule has 35 heavy (non-hydrogen) atoms. The summed E-state index contributed by atoms with van der Waals surface area (Å²) in [5, 5.41) is 21.1. The fraction of sp³-hybridized carbons (Fsp3) is 0.290. The standard InChI is InChI=1S/C31H32O4/c1-19(13-28(32)33)25(22-7-6-8-23(16-22)29(34)35)15-20-9-10-21-17-26-27(18-24(21)14-20)31(4,5)12-11-30(26,2)3/h6-10,13-18H,11-12H2,1-5H3,(H,32,33)(H,34,35)/b19-13+,25-15-. The summed E-state index contributed by atoms with van der Waals surface area (Å²) in [7, 11) is 0. The molecule has 0 atom stereocenters. The van der Waals surface area contributed by atoms with E-state index < -0.39 is 11.9 Å². The normalized spacial score (nSPS) is 17.2. The molecule has 0 heterocycles. The van der Waals surface area contributed by atoms with Gasteiger partial charge in [0.15, 0.2) is 0 Å². The fourth-order valence-electron chi connectivity index (χ4n) is 5.09. The molecule has 2 N–H and O–H groups in total. The van der Waals surface area contributed by atoms with E-state index in [0.29, 0.717) is 16.7 Å². The Bertz CT molecular complexity index is 1400. The van der Waals surface area contributed by atoms with Crippen LogP contribution in [0.1, 0.15) is 80.1 Å². The molecule has 0 aromatic heterocycles. The number of carboxylic acid groups (broad SMARTS) is 2. The number of rotatable bonds is 5. The van der Waals surface area contributed by atoms with Crippen LogP contribution in [-0.4, -0.2) is 22.2 Å². The highest BCUT2D eigenvalue weighted by atomic mass is 16.4. The molecule has 0 fully saturated rings. The zero-order valence-electron chi connectivity index (χ0n) is 21.0. The summed E-state index contributed by atoms with van der Waals surface area (Å²) in [6, 6.07) is 17.5. The zero-order valence-corrected chi connectivity index (χ0v) is 21.0. The molecule has 1 aliphatic rings. The summed E-state index contributed by atoms with van der Waals surface area (Å²) in [6.45, 7) is 11.0. The Morgan fingerprint density at radius 1 is 0.800 bits per heavy atom. The van der Waals surface area contributed by atoms with Gasteiger partial charge in [-0.05, 0) is 99.0 Å². The highest BCUT2D eigenvalue weighted by Crippen LogP contribution is 2.47. The minimum Gasteiger partial charge on any atom is -0.478 e. The third-order valence-corrected chi connectivity index (χ3v) is 7.33. The number of benzene rings is 3. The molecule has 4 heteroatoms. The van der Waals surface area contributed by atoms with Crippen LogP contribution in [0, 0.1) is 0 Å². The molecule has 0 saturated carbocycles. The molecule has 3 aromatic carbocycles. The lowest BCUT2D eigenvalue weighted by Crippen LogP contribution is -2.33. The van der Waals surface area contributed by atoms with Crippen molar-refractivity contribution in [3.05, 3.63) is 94.1 Å². The highest BCUT2D eigenvalue weighted by molar-refractivity contribution is 5.98. The van der Waals surface area contributed by atoms with Crippen LogP contribution in [0.4, 0.5) is 0 Å². The molecule has 4 nitrogen and oxygen atoms in total. The van der Waals surface area contributed by atoms with E-state index in [-0.39, 0.29) is 16.4 Å². The second-order valence-electron chi connectivity index (χ2n) is 10.9. The Labute approximate surface area is 206 Å². The first-order valence-corrected chi connectivity index (χ1v) is 11.9. The van der Waals surface area contributed by atoms with Crippen LogP contribution in [-0.2, 0) is 15.6 Å². The van der Waals surface area contributed by atoms with Gasteiger partial charge in [-0.25, -0.2) is 9.59 Å². The van der Waals surface area contributed by atoms with E-state index in [1.807, 2.05) is 12.1 Å². The van der Waals surface area contributed by atoms with Gasteiger partial charge >= 0.3 is 11.9 Å². The van der Waals surface area contributed by atoms with Crippen molar-refractivity contribution in [1.82, 2.24) is 0 Å². The SMILES string of the molecule is CC(=C\C(=O)O)/C(=C/c1ccc2cc3c(cc2c1)C(C)(C)CCC3(C)C)c1cccc(C(=O)O)c1. The first-order chi connectivity index (χ1) is 16.4. The van der Waals surface area contributed by atoms with E-state index >= 15 is 0 Å². The Balaban J connectivity index is 1.89. The molecular formula is C31H32O4. The summed E-state index contributed by atoms with van der Waals surface area (Å²) in [6.07, 6.45) is 5.39. The Morgan fingerprint density at radius 2 is 1.40 bits per heavy atom. The molecule has 0 saturated heterocycles. The van der Waals surface area contributed by atoms with Gasteiger partial charge in [0.05, 0.1) is 5.56 Å². The van der Waals surface area contributed by atoms with Crippen molar-refractivity contribution in [1.29, 1.82) is 0 Å². The lowest BCUT2D eigenvalue weighted by Gasteiger charge is -2.42. The average molecular weight is 469 g/mol. The summed E-state index contributed by atoms with van der Waals surface area (Å²) in [4.78, 5) is 22.9. The first-order valence-electron chi connectivity index (χ1n) is 11.9. The second-order valence-corrected chi connectivity index (χ2v) is 10.9. The van der Waals surface area contributed by atoms with Crippen LogP contribution < -0.4 is 0 Å². The third kappa shape index (κ3) is 4.93. The number of carbonyl (C=O) groups is 2. The van der Waals surface area contributed by atoms with E-state index in [9.17, 15) is 19.8 Å². The molecule has 180 valence electrons. The van der Waals surface area contributed by atoms with Gasteiger partial charge in [-0.1, -0.05) is 64.1 Å². The number of carboxylic acids is 2. The Kier molecular flexibility index (Phi) is 6.18. The van der Waals surface area contributed by atoms with Crippen LogP contribution >= 0.6 is 0 Å². The average Bonchev–Trinajstić information content (AvgIpc) is 2.79. The molecule has 3 aromatic rings. The number of fused-ring (bicyclic) bond motifs is 2. The van der Waals surface area contributed by atoms with Gasteiger partial charge < -0.3 is 10.2 Å². The topological polar surface area (TPSA) is 74.6 Å². The van der Waals surface area contributed by atoms with Gasteiger partial charge in [0.1, 0.15) is 0 Å². The van der Waals surface area contributed by atoms with Gasteiger partial charge in [0.25, 0.3) is 0 Å². The second kappa shape index (κ2) is 8.84. The van der Waals surface area contributed by atoms with Crippen molar-refractivity contribution in [2.24, 2.45) is 0 Å². The maximum absolute atomic E-state index is 11.5. The summed E-state index contributed by atoms with van der Waals surface area (Å²) < 4.78 is 0. The van der Waals surface area contributed by atoms with Crippen molar-refractivity contribution in [3.63, 3.8) is 0 Å². The quantitative estimate of drug-likeness (QED) is 0.231. The predicted molar refractivity (Wildman–Crippen MR) is 142 cm³/mol. The van der Waals surface area contributed by atoms with Gasteiger partial charge in [-0.15, -0.1) is 0 Å². The van der Waals surface area contributed by atoms with Gasteiger partial charge in [0.2, 0.25) is 0 Å². The van der Waals surface area contributed by atoms with Crippen LogP contribution in [0.3, 0.4) is 0 Å². The van der Waals surface area contributed by atoms with Gasteiger partial charge in [0, 0.05) is 6.08 Å². The van der Waals surface area contributed by atoms with Crippen molar-refractivity contribution in [3.8, 4) is 0 Å². The van der Waals surface area contributed by atoms with Crippen LogP contribution in [0.15, 0.2) is 66.2 Å². The largest absolute Gasteiger partial charge is 0.478 e. The molecule has 0 spiro atoms. The summed E-state index contributed by atoms with van der Waals surface area (Å²) in [5.41, 5.74) is 6.02. The first kappa shape index (κ1) is 24.5. The molecular weight excluding hydrogens is 436 g/mol. The van der Waals surface area contributed by atoms with Crippen molar-refractivity contribution < 1.29 is 19.8 Å². The van der Waals surface area contributed by atoms with E-state index in [0.717, 1.165) is 29.9 Å². The molecule has 4 rings (SSSR count). The zero-order chi connectivity index (χ0) is 25.5. The Morgan fingerprint density at radius 3 is 2.00 bits per heavy atom. The molecule has 0 amide bonds. The van der Waals surface area contributed by atoms with E-state index in [4.69, 9.17) is 0 Å². The monoisotopic (exact) mass is 468 g/mol. The van der Waals surface area contributed by atoms with Gasteiger partial charge in [-0.3, -0.25) is 0 Å². The minimum atomic E-state index is -1.04. The third-order valence-electron chi connectivity index (χ3n) is 7.33. The maximum Gasteiger partial charge on any atom is 0.335 e. The van der Waals surface area contributed by atoms with Crippen LogP contribution in [0.2, 0.25) is 0 Å². The van der Waals surface area contributed by atoms with Crippen LogP contribution in [0.25, 0.3) is 22.4 Å². The van der Waals surface area contributed by atoms with E-state index in [2.05, 4.69) is 52.0 Å². The van der Waals surface area contributed by atoms with Crippen LogP contribution in [0.5, 0.6) is 0 Å². The molecule has 0 radical (unpaired) electrons. The van der Waals surface area contributed by atoms with Gasteiger partial charge in [-0.2, -0.15) is 0 Å². The summed E-state index contributed by atoms with van der Waals surface area (Å²) in [5.74, 6) is -2.06. The summed E-state index contributed by atoms with van der Waals surface area (Å²) >= 11 is 0. The predicted octanol–water partition coefficient (Wildman–Crippen LogP) is 7.46. The Hall–Kier alpha value is -3.66. The number of hydrogen-bond donors (Lipinski definition) is 2. The highest BCUT2D eigenvalue weighted by Gasteiger charge is 2.37. The molecule has 0 bridgehead atoms. The van der Waals surface area contributed by atoms with Crippen molar-refractivity contribution in [2.75, 3.05) is 0 Å². The molecule has 0 aliphatic heterocycles. The lowest BCUT2D eigenvalue weighted by molar-refractivity contribution is -0.131. The number of hydrogen-bond acceptors (Lipinski definition) is 2. The number of allylic oxidation sites excluding steroid dienone is 2. The minimum absolute atomic E-state index is 0.105. The fourth-order valence-corrected chi connectivity index (χ4v) is 5.09. The smallest absolute Gasteiger partial charge is 0.335 e. The maximum atomic E-state index is 11.5. The van der Waals surface area contributed by atoms with E-state index in [1.165, 1.54) is 22.6 Å². The molecule has 0 unspecified atom stereocenters.